The minimum atomic E-state index is -0.912. The average molecular weight is 645 g/mol. The second-order valence-corrected chi connectivity index (χ2v) is 10.9. The Balaban J connectivity index is 0.00000245. The molecular formula is C35H38F2N6O4. The van der Waals surface area contributed by atoms with E-state index in [4.69, 9.17) is 10.5 Å². The number of carbonyl (C=O) groups excluding carboxylic acids is 1. The molecule has 10 nitrogen and oxygen atoms in total. The summed E-state index contributed by atoms with van der Waals surface area (Å²) >= 11 is 0. The van der Waals surface area contributed by atoms with Gasteiger partial charge in [-0.25, -0.2) is 23.1 Å². The van der Waals surface area contributed by atoms with Crippen LogP contribution in [0.4, 0.5) is 20.3 Å². The fraction of sp³-hybridized carbons (Fsp3) is 0.314. The van der Waals surface area contributed by atoms with Gasteiger partial charge in [0.15, 0.2) is 11.6 Å². The number of carbonyl (C=O) groups is 1. The van der Waals surface area contributed by atoms with Gasteiger partial charge >= 0.3 is 5.69 Å². The van der Waals surface area contributed by atoms with Crippen LogP contribution in [0.2, 0.25) is 0 Å². The highest BCUT2D eigenvalue weighted by molar-refractivity contribution is 6.03. The summed E-state index contributed by atoms with van der Waals surface area (Å²) in [4.78, 5) is 43.7. The van der Waals surface area contributed by atoms with E-state index >= 15 is 4.39 Å². The number of aromatic nitrogens is 3. The van der Waals surface area contributed by atoms with E-state index in [0.717, 1.165) is 54.9 Å². The standard InChI is InChI=1S/C33H32F2N6O4.C2H6/c1-20(2)40-19-26(32(43)41(33(40)44)24-9-6-22(34)7-10-24)31(42)39-23-8-11-29(27(35)18-23)45-28-14-17-38-30(36)25(28)5-3-4-21-12-15-37-16-13-21;1-2/h6-11,14,17-21,37H,4,12-13,15-16H2,1-2H3,(H2,36,38)(H,39,42);1-2H3. The number of nitrogens with two attached hydrogens (primary N) is 1. The molecule has 1 saturated heterocycles. The number of nitrogens with one attached hydrogen (secondary N) is 2. The number of pyridine rings is 1. The number of hydrogen-bond donors (Lipinski definition) is 3. The number of nitrogens with zero attached hydrogens (tertiary/aromatic N) is 3. The molecule has 4 aromatic rings. The van der Waals surface area contributed by atoms with Crippen molar-refractivity contribution in [2.24, 2.45) is 5.92 Å². The van der Waals surface area contributed by atoms with E-state index in [1.54, 1.807) is 13.8 Å². The monoisotopic (exact) mass is 644 g/mol. The quantitative estimate of drug-likeness (QED) is 0.222. The summed E-state index contributed by atoms with van der Waals surface area (Å²) in [5, 5.41) is 5.83. The van der Waals surface area contributed by atoms with Crippen LogP contribution in [0.3, 0.4) is 0 Å². The lowest BCUT2D eigenvalue weighted by Gasteiger charge is -2.20. The van der Waals surface area contributed by atoms with Crippen LogP contribution in [0.25, 0.3) is 5.69 Å². The van der Waals surface area contributed by atoms with Crippen LogP contribution in [-0.4, -0.2) is 33.1 Å². The number of ether oxygens (including phenoxy) is 1. The molecule has 1 aliphatic rings. The summed E-state index contributed by atoms with van der Waals surface area (Å²) in [6, 6.07) is 9.62. The van der Waals surface area contributed by atoms with Crippen molar-refractivity contribution in [3.05, 3.63) is 105 Å². The highest BCUT2D eigenvalue weighted by Crippen LogP contribution is 2.31. The number of benzene rings is 2. The van der Waals surface area contributed by atoms with Gasteiger partial charge < -0.3 is 21.1 Å². The number of nitrogen functional groups attached to an aromatic ring is 1. The Morgan fingerprint density at radius 3 is 2.45 bits per heavy atom. The van der Waals surface area contributed by atoms with Crippen LogP contribution in [-0.2, 0) is 0 Å². The topological polar surface area (TPSA) is 133 Å². The fourth-order valence-corrected chi connectivity index (χ4v) is 4.93. The van der Waals surface area contributed by atoms with Crippen molar-refractivity contribution in [1.82, 2.24) is 19.4 Å². The predicted octanol–water partition coefficient (Wildman–Crippen LogP) is 5.65. The van der Waals surface area contributed by atoms with Gasteiger partial charge in [0.2, 0.25) is 0 Å². The van der Waals surface area contributed by atoms with Crippen LogP contribution in [0.5, 0.6) is 11.5 Å². The molecule has 2 aromatic carbocycles. The average Bonchev–Trinajstić information content (AvgIpc) is 3.05. The number of hydrogen-bond acceptors (Lipinski definition) is 7. The SMILES string of the molecule is CC.CC(C)n1cc(C(=O)Nc2ccc(Oc3ccnc(N)c3C#CCC3CCNCC3)c(F)c2)c(=O)n(-c2ccc(F)cc2)c1=O. The predicted molar refractivity (Wildman–Crippen MR) is 178 cm³/mol. The van der Waals surface area contributed by atoms with Crippen LogP contribution >= 0.6 is 0 Å². The third kappa shape index (κ3) is 8.31. The van der Waals surface area contributed by atoms with Crippen molar-refractivity contribution in [2.45, 2.75) is 53.0 Å². The molecule has 47 heavy (non-hydrogen) atoms. The molecule has 4 N–H and O–H groups in total. The van der Waals surface area contributed by atoms with Gasteiger partial charge in [-0.15, -0.1) is 0 Å². The maximum absolute atomic E-state index is 15.2. The molecule has 0 spiro atoms. The molecule has 1 fully saturated rings. The van der Waals surface area contributed by atoms with Gasteiger partial charge in [-0.1, -0.05) is 25.7 Å². The Hall–Kier alpha value is -5.28. The van der Waals surface area contributed by atoms with Crippen LogP contribution in [0, 0.1) is 29.4 Å². The van der Waals surface area contributed by atoms with E-state index in [2.05, 4.69) is 27.5 Å². The zero-order valence-corrected chi connectivity index (χ0v) is 26.8. The first-order valence-corrected chi connectivity index (χ1v) is 15.5. The summed E-state index contributed by atoms with van der Waals surface area (Å²) in [7, 11) is 0. The first-order valence-electron chi connectivity index (χ1n) is 15.5. The third-order valence-corrected chi connectivity index (χ3v) is 7.41. The van der Waals surface area contributed by atoms with Gasteiger partial charge in [-0.2, -0.15) is 0 Å². The number of amides is 1. The lowest BCUT2D eigenvalue weighted by molar-refractivity contribution is 0.102. The smallest absolute Gasteiger partial charge is 0.335 e. The second-order valence-electron chi connectivity index (χ2n) is 10.9. The maximum Gasteiger partial charge on any atom is 0.335 e. The Labute approximate surface area is 271 Å². The molecule has 1 amide bonds. The minimum absolute atomic E-state index is 0.0381. The van der Waals surface area contributed by atoms with Gasteiger partial charge in [-0.05, 0) is 82.1 Å². The molecule has 0 aliphatic carbocycles. The fourth-order valence-electron chi connectivity index (χ4n) is 4.93. The van der Waals surface area contributed by atoms with Gasteiger partial charge in [0.05, 0.1) is 5.69 Å². The van der Waals surface area contributed by atoms with E-state index in [9.17, 15) is 18.8 Å². The van der Waals surface area contributed by atoms with Crippen molar-refractivity contribution in [3.63, 3.8) is 0 Å². The largest absolute Gasteiger partial charge is 0.453 e. The molecule has 2 aromatic heterocycles. The zero-order valence-electron chi connectivity index (χ0n) is 26.8. The van der Waals surface area contributed by atoms with Gasteiger partial charge in [0.1, 0.15) is 28.5 Å². The van der Waals surface area contributed by atoms with Crippen LogP contribution < -0.4 is 32.4 Å². The molecule has 0 unspecified atom stereocenters. The molecule has 1 aliphatic heterocycles. The highest BCUT2D eigenvalue weighted by Gasteiger charge is 2.21. The van der Waals surface area contributed by atoms with E-state index in [-0.39, 0.29) is 34.3 Å². The maximum atomic E-state index is 15.2. The van der Waals surface area contributed by atoms with Gasteiger partial charge in [-0.3, -0.25) is 14.2 Å². The van der Waals surface area contributed by atoms with E-state index in [0.29, 0.717) is 17.9 Å². The second kappa shape index (κ2) is 15.8. The first kappa shape index (κ1) is 34.6. The summed E-state index contributed by atoms with van der Waals surface area (Å²) in [5.74, 6) is 4.69. The summed E-state index contributed by atoms with van der Waals surface area (Å²) in [6.07, 6.45) is 5.37. The summed E-state index contributed by atoms with van der Waals surface area (Å²) in [5.41, 5.74) is 4.57. The lowest BCUT2D eigenvalue weighted by atomic mass is 9.95. The Morgan fingerprint density at radius 1 is 1.09 bits per heavy atom. The zero-order chi connectivity index (χ0) is 34.1. The third-order valence-electron chi connectivity index (χ3n) is 7.41. The lowest BCUT2D eigenvalue weighted by Crippen LogP contribution is -2.42. The molecular weight excluding hydrogens is 606 g/mol. The summed E-state index contributed by atoms with van der Waals surface area (Å²) in [6.45, 7) is 9.34. The first-order chi connectivity index (χ1) is 22.6. The minimum Gasteiger partial charge on any atom is -0.453 e. The Kier molecular flexibility index (Phi) is 11.6. The number of rotatable bonds is 7. The Bertz CT molecular complexity index is 1900. The van der Waals surface area contributed by atoms with Crippen LogP contribution in [0.15, 0.2) is 70.5 Å². The molecule has 0 atom stereocenters. The van der Waals surface area contributed by atoms with Crippen molar-refractivity contribution < 1.29 is 18.3 Å². The molecule has 0 bridgehead atoms. The highest BCUT2D eigenvalue weighted by atomic mass is 19.1. The molecule has 3 heterocycles. The number of anilines is 2. The molecule has 0 radical (unpaired) electrons. The van der Waals surface area contributed by atoms with E-state index in [1.807, 2.05) is 13.8 Å². The van der Waals surface area contributed by atoms with E-state index in [1.165, 1.54) is 41.1 Å². The molecule has 12 heteroatoms. The van der Waals surface area contributed by atoms with Gasteiger partial charge in [0.25, 0.3) is 11.5 Å². The number of halogens is 2. The molecule has 5 rings (SSSR count). The van der Waals surface area contributed by atoms with Crippen molar-refractivity contribution >= 4 is 17.4 Å². The molecule has 246 valence electrons. The van der Waals surface area contributed by atoms with Crippen LogP contribution in [0.1, 0.15) is 68.9 Å². The number of piperidine rings is 1. The van der Waals surface area contributed by atoms with Crippen molar-refractivity contribution in [2.75, 3.05) is 24.1 Å². The van der Waals surface area contributed by atoms with Crippen molar-refractivity contribution in [3.8, 4) is 29.0 Å². The molecule has 0 saturated carbocycles. The van der Waals surface area contributed by atoms with Crippen molar-refractivity contribution in [1.29, 1.82) is 0 Å². The van der Waals surface area contributed by atoms with E-state index < -0.39 is 34.8 Å². The normalized spacial score (nSPS) is 12.8. The van der Waals surface area contributed by atoms with Gasteiger partial charge in [0, 0.05) is 42.7 Å². The Morgan fingerprint density at radius 2 is 1.79 bits per heavy atom. The summed E-state index contributed by atoms with van der Waals surface area (Å²) < 4.78 is 36.6.